The molecule has 0 spiro atoms. The summed E-state index contributed by atoms with van der Waals surface area (Å²) in [5.41, 5.74) is 0.430. The second-order valence-corrected chi connectivity index (χ2v) is 7.06. The van der Waals surface area contributed by atoms with Gasteiger partial charge in [0, 0.05) is 18.3 Å². The average Bonchev–Trinajstić information content (AvgIpc) is 2.75. The number of anilines is 3. The Morgan fingerprint density at radius 1 is 1.12 bits per heavy atom. The van der Waals surface area contributed by atoms with Gasteiger partial charge in [-0.25, -0.2) is 9.97 Å². The lowest BCUT2D eigenvalue weighted by atomic mass is 10.1. The molecule has 0 aliphatic carbocycles. The van der Waals surface area contributed by atoms with E-state index in [1.54, 1.807) is 31.3 Å². The van der Waals surface area contributed by atoms with Gasteiger partial charge in [0.1, 0.15) is 18.2 Å². The van der Waals surface area contributed by atoms with E-state index in [2.05, 4.69) is 25.6 Å². The van der Waals surface area contributed by atoms with Crippen LogP contribution in [0.1, 0.15) is 15.9 Å². The van der Waals surface area contributed by atoms with E-state index in [9.17, 15) is 18.0 Å². The van der Waals surface area contributed by atoms with Gasteiger partial charge in [0.2, 0.25) is 11.9 Å². The fourth-order valence-electron chi connectivity index (χ4n) is 3.10. The Hall–Kier alpha value is -3.89. The number of alkyl halides is 3. The van der Waals surface area contributed by atoms with Gasteiger partial charge in [-0.15, -0.1) is 0 Å². The standard InChI is InChI=1S/C21H19F3N6O2/c1-25-18(31)13-3-2-4-15(9-13)28-19-26-12-27-20(29-19)30-10-17(11-30)32-16-7-5-14(6-8-16)21(22,23)24/h2-9,12,17H,10-11H2,1H3,(H,25,31)(H,26,27,28,29). The van der Waals surface area contributed by atoms with E-state index in [4.69, 9.17) is 4.74 Å². The maximum absolute atomic E-state index is 12.7. The van der Waals surface area contributed by atoms with Crippen LogP contribution in [0.3, 0.4) is 0 Å². The van der Waals surface area contributed by atoms with Gasteiger partial charge in [0.15, 0.2) is 0 Å². The lowest BCUT2D eigenvalue weighted by molar-refractivity contribution is -0.137. The number of carbonyl (C=O) groups excluding carboxylic acids is 1. The van der Waals surface area contributed by atoms with Gasteiger partial charge in [0.05, 0.1) is 18.7 Å². The summed E-state index contributed by atoms with van der Waals surface area (Å²) in [5, 5.41) is 5.61. The average molecular weight is 444 g/mol. The molecule has 2 heterocycles. The molecule has 1 amide bonds. The number of nitrogens with zero attached hydrogens (tertiary/aromatic N) is 4. The van der Waals surface area contributed by atoms with Crippen molar-refractivity contribution in [2.75, 3.05) is 30.4 Å². The lowest BCUT2D eigenvalue weighted by Gasteiger charge is -2.38. The van der Waals surface area contributed by atoms with Gasteiger partial charge in [-0.2, -0.15) is 18.2 Å². The molecular formula is C21H19F3N6O2. The quantitative estimate of drug-likeness (QED) is 0.603. The van der Waals surface area contributed by atoms with Crippen molar-refractivity contribution in [2.45, 2.75) is 12.3 Å². The van der Waals surface area contributed by atoms with Crippen molar-refractivity contribution < 1.29 is 22.7 Å². The van der Waals surface area contributed by atoms with Gasteiger partial charge in [0.25, 0.3) is 5.91 Å². The highest BCUT2D eigenvalue weighted by molar-refractivity contribution is 5.95. The first-order chi connectivity index (χ1) is 15.3. The van der Waals surface area contributed by atoms with Crippen molar-refractivity contribution in [3.05, 3.63) is 66.0 Å². The summed E-state index contributed by atoms with van der Waals surface area (Å²) in [6.07, 6.45) is -3.19. The molecule has 0 atom stereocenters. The third-order valence-corrected chi connectivity index (χ3v) is 4.78. The second kappa shape index (κ2) is 8.69. The SMILES string of the molecule is CNC(=O)c1cccc(Nc2ncnc(N3CC(Oc4ccc(C(F)(F)F)cc4)C3)n2)c1. The first-order valence-electron chi connectivity index (χ1n) is 9.69. The molecule has 32 heavy (non-hydrogen) atoms. The van der Waals surface area contributed by atoms with Crippen LogP contribution in [0, 0.1) is 0 Å². The smallest absolute Gasteiger partial charge is 0.416 e. The molecule has 0 unspecified atom stereocenters. The van der Waals surface area contributed by atoms with Crippen molar-refractivity contribution in [1.29, 1.82) is 0 Å². The minimum Gasteiger partial charge on any atom is -0.487 e. The van der Waals surface area contributed by atoms with Crippen molar-refractivity contribution in [3.8, 4) is 5.75 Å². The van der Waals surface area contributed by atoms with Gasteiger partial charge in [-0.1, -0.05) is 6.07 Å². The molecule has 1 aliphatic heterocycles. The molecule has 2 aromatic carbocycles. The number of amides is 1. The summed E-state index contributed by atoms with van der Waals surface area (Å²) in [7, 11) is 1.56. The molecule has 1 aromatic heterocycles. The number of rotatable bonds is 6. The zero-order valence-electron chi connectivity index (χ0n) is 16.9. The first kappa shape index (κ1) is 21.3. The summed E-state index contributed by atoms with van der Waals surface area (Å²) in [4.78, 5) is 26.3. The second-order valence-electron chi connectivity index (χ2n) is 7.06. The normalized spacial score (nSPS) is 13.9. The Labute approximate surface area is 181 Å². The number of hydrogen-bond donors (Lipinski definition) is 2. The monoisotopic (exact) mass is 444 g/mol. The number of aromatic nitrogens is 3. The van der Waals surface area contributed by atoms with Crippen LogP contribution < -0.4 is 20.3 Å². The highest BCUT2D eigenvalue weighted by Crippen LogP contribution is 2.31. The first-order valence-corrected chi connectivity index (χ1v) is 9.69. The Morgan fingerprint density at radius 3 is 2.56 bits per heavy atom. The van der Waals surface area contributed by atoms with E-state index in [0.717, 1.165) is 12.1 Å². The molecular weight excluding hydrogens is 425 g/mol. The number of hydrogen-bond acceptors (Lipinski definition) is 7. The van der Waals surface area contributed by atoms with Crippen LogP contribution in [0.4, 0.5) is 30.8 Å². The van der Waals surface area contributed by atoms with Gasteiger partial charge < -0.3 is 20.3 Å². The molecule has 11 heteroatoms. The van der Waals surface area contributed by atoms with Gasteiger partial charge >= 0.3 is 6.18 Å². The topological polar surface area (TPSA) is 92.3 Å². The molecule has 1 aliphatic rings. The number of nitrogens with one attached hydrogen (secondary N) is 2. The fourth-order valence-corrected chi connectivity index (χ4v) is 3.10. The van der Waals surface area contributed by atoms with Crippen molar-refractivity contribution >= 4 is 23.5 Å². The van der Waals surface area contributed by atoms with Crippen molar-refractivity contribution in [3.63, 3.8) is 0 Å². The summed E-state index contributed by atoms with van der Waals surface area (Å²) in [5.74, 6) is 0.926. The largest absolute Gasteiger partial charge is 0.487 e. The summed E-state index contributed by atoms with van der Waals surface area (Å²) in [6.45, 7) is 0.966. The molecule has 0 radical (unpaired) electrons. The van der Waals surface area contributed by atoms with Crippen molar-refractivity contribution in [2.24, 2.45) is 0 Å². The highest BCUT2D eigenvalue weighted by Gasteiger charge is 2.32. The van der Waals surface area contributed by atoms with Crippen LogP contribution in [0.5, 0.6) is 5.75 Å². The Bertz CT molecular complexity index is 1100. The number of benzene rings is 2. The Kier molecular flexibility index (Phi) is 5.80. The number of halogens is 3. The molecule has 0 saturated carbocycles. The van der Waals surface area contributed by atoms with E-state index in [0.29, 0.717) is 42.0 Å². The maximum atomic E-state index is 12.7. The van der Waals surface area contributed by atoms with E-state index in [1.807, 2.05) is 4.90 Å². The van der Waals surface area contributed by atoms with Crippen LogP contribution >= 0.6 is 0 Å². The fraction of sp³-hybridized carbons (Fsp3) is 0.238. The van der Waals surface area contributed by atoms with Crippen molar-refractivity contribution in [1.82, 2.24) is 20.3 Å². The van der Waals surface area contributed by atoms with Crippen LogP contribution in [0.15, 0.2) is 54.9 Å². The van der Waals surface area contributed by atoms with Crippen LogP contribution in [0.2, 0.25) is 0 Å². The van der Waals surface area contributed by atoms with Gasteiger partial charge in [-0.05, 0) is 42.5 Å². The zero-order chi connectivity index (χ0) is 22.7. The molecule has 0 bridgehead atoms. The summed E-state index contributed by atoms with van der Waals surface area (Å²) < 4.78 is 43.7. The number of carbonyl (C=O) groups is 1. The Balaban J connectivity index is 1.35. The van der Waals surface area contributed by atoms with E-state index in [1.165, 1.54) is 18.5 Å². The summed E-state index contributed by atoms with van der Waals surface area (Å²) >= 11 is 0. The highest BCUT2D eigenvalue weighted by atomic mass is 19.4. The van der Waals surface area contributed by atoms with Crippen LogP contribution in [-0.4, -0.2) is 47.1 Å². The minimum absolute atomic E-state index is 0.191. The minimum atomic E-state index is -4.38. The van der Waals surface area contributed by atoms with Gasteiger partial charge in [-0.3, -0.25) is 4.79 Å². The third-order valence-electron chi connectivity index (χ3n) is 4.78. The molecule has 3 aromatic rings. The Morgan fingerprint density at radius 2 is 1.88 bits per heavy atom. The van der Waals surface area contributed by atoms with E-state index in [-0.39, 0.29) is 12.0 Å². The molecule has 1 fully saturated rings. The van der Waals surface area contributed by atoms with E-state index < -0.39 is 11.7 Å². The molecule has 8 nitrogen and oxygen atoms in total. The van der Waals surface area contributed by atoms with Crippen LogP contribution in [-0.2, 0) is 6.18 Å². The number of ether oxygens (including phenoxy) is 1. The molecule has 1 saturated heterocycles. The molecule has 4 rings (SSSR count). The zero-order valence-corrected chi connectivity index (χ0v) is 16.9. The molecule has 2 N–H and O–H groups in total. The van der Waals surface area contributed by atoms with E-state index >= 15 is 0 Å². The third kappa shape index (κ3) is 4.88. The van der Waals surface area contributed by atoms with Crippen LogP contribution in [0.25, 0.3) is 0 Å². The predicted octanol–water partition coefficient (Wildman–Crippen LogP) is 3.26. The maximum Gasteiger partial charge on any atom is 0.416 e. The lowest BCUT2D eigenvalue weighted by Crippen LogP contribution is -2.54. The predicted molar refractivity (Wildman–Crippen MR) is 111 cm³/mol. The summed E-state index contributed by atoms with van der Waals surface area (Å²) in [6, 6.07) is 11.5. The molecule has 166 valence electrons.